The van der Waals surface area contributed by atoms with Crippen molar-refractivity contribution in [3.05, 3.63) is 23.9 Å². The third-order valence-electron chi connectivity index (χ3n) is 4.73. The molecule has 0 aromatic carbocycles. The zero-order valence-corrected chi connectivity index (χ0v) is 17.0. The average molecular weight is 361 g/mol. The highest BCUT2D eigenvalue weighted by Gasteiger charge is 2.16. The summed E-state index contributed by atoms with van der Waals surface area (Å²) in [6.07, 6.45) is 3.11. The van der Waals surface area contributed by atoms with Gasteiger partial charge < -0.3 is 20.4 Å². The van der Waals surface area contributed by atoms with E-state index in [1.54, 1.807) is 0 Å². The molecule has 146 valence electrons. The fourth-order valence-corrected chi connectivity index (χ4v) is 2.98. The molecule has 2 heterocycles. The summed E-state index contributed by atoms with van der Waals surface area (Å²) in [4.78, 5) is 14.2. The number of hydrogen-bond acceptors (Lipinski definition) is 4. The molecule has 0 unspecified atom stereocenters. The number of aromatic nitrogens is 1. The highest BCUT2D eigenvalue weighted by Crippen LogP contribution is 2.14. The van der Waals surface area contributed by atoms with Crippen molar-refractivity contribution < 1.29 is 0 Å². The topological polar surface area (TPSA) is 55.8 Å². The van der Waals surface area contributed by atoms with Crippen molar-refractivity contribution in [2.75, 3.05) is 50.7 Å². The molecule has 0 spiro atoms. The Morgan fingerprint density at radius 2 is 1.92 bits per heavy atom. The Bertz CT molecular complexity index is 532. The molecule has 1 saturated heterocycles. The van der Waals surface area contributed by atoms with E-state index in [2.05, 4.69) is 70.2 Å². The third-order valence-corrected chi connectivity index (χ3v) is 4.73. The Kier molecular flexibility index (Phi) is 8.68. The van der Waals surface area contributed by atoms with Gasteiger partial charge in [0.1, 0.15) is 5.82 Å². The monoisotopic (exact) mass is 360 g/mol. The number of nitrogens with zero attached hydrogens (tertiary/aromatic N) is 4. The smallest absolute Gasteiger partial charge is 0.191 e. The minimum atomic E-state index is 0.647. The zero-order chi connectivity index (χ0) is 18.8. The van der Waals surface area contributed by atoms with Crippen LogP contribution in [0.15, 0.2) is 23.3 Å². The van der Waals surface area contributed by atoms with E-state index < -0.39 is 0 Å². The van der Waals surface area contributed by atoms with Crippen LogP contribution in [-0.2, 0) is 6.54 Å². The summed E-state index contributed by atoms with van der Waals surface area (Å²) in [6, 6.07) is 4.28. The third kappa shape index (κ3) is 6.83. The van der Waals surface area contributed by atoms with E-state index in [0.717, 1.165) is 69.6 Å². The lowest BCUT2D eigenvalue weighted by Gasteiger charge is -2.34. The van der Waals surface area contributed by atoms with Crippen LogP contribution in [0.25, 0.3) is 0 Å². The van der Waals surface area contributed by atoms with E-state index in [4.69, 9.17) is 0 Å². The van der Waals surface area contributed by atoms with Crippen LogP contribution in [0.5, 0.6) is 0 Å². The Labute approximate surface area is 159 Å². The molecule has 0 aliphatic carbocycles. The van der Waals surface area contributed by atoms with Crippen molar-refractivity contribution in [3.8, 4) is 0 Å². The lowest BCUT2D eigenvalue weighted by molar-refractivity contribution is 0.270. The number of likely N-dealkylation sites (N-methyl/N-ethyl adjacent to an activating group) is 1. The number of rotatable bonds is 8. The van der Waals surface area contributed by atoms with Crippen LogP contribution in [0.2, 0.25) is 0 Å². The van der Waals surface area contributed by atoms with Crippen molar-refractivity contribution >= 4 is 11.8 Å². The molecule has 1 aromatic heterocycles. The predicted octanol–water partition coefficient (Wildman–Crippen LogP) is 2.32. The first kappa shape index (κ1) is 20.5. The van der Waals surface area contributed by atoms with Gasteiger partial charge >= 0.3 is 0 Å². The maximum absolute atomic E-state index is 4.68. The van der Waals surface area contributed by atoms with Gasteiger partial charge in [0.25, 0.3) is 0 Å². The maximum Gasteiger partial charge on any atom is 0.191 e. The van der Waals surface area contributed by atoms with Crippen molar-refractivity contribution in [2.24, 2.45) is 10.9 Å². The molecule has 2 N–H and O–H groups in total. The molecule has 0 amide bonds. The Balaban J connectivity index is 1.86. The van der Waals surface area contributed by atoms with Gasteiger partial charge in [0, 0.05) is 45.5 Å². The number of pyridine rings is 1. The Hall–Kier alpha value is -1.82. The summed E-state index contributed by atoms with van der Waals surface area (Å²) < 4.78 is 0. The summed E-state index contributed by atoms with van der Waals surface area (Å²) in [5.41, 5.74) is 1.14. The van der Waals surface area contributed by atoms with Crippen LogP contribution < -0.4 is 15.5 Å². The fourth-order valence-electron chi connectivity index (χ4n) is 2.98. The molecule has 6 nitrogen and oxygen atoms in total. The van der Waals surface area contributed by atoms with Gasteiger partial charge in [0.05, 0.1) is 6.54 Å². The van der Waals surface area contributed by atoms with E-state index in [-0.39, 0.29) is 0 Å². The van der Waals surface area contributed by atoms with Crippen LogP contribution in [0.4, 0.5) is 5.82 Å². The van der Waals surface area contributed by atoms with Gasteiger partial charge in [-0.05, 0) is 37.4 Å². The van der Waals surface area contributed by atoms with Crippen molar-refractivity contribution in [3.63, 3.8) is 0 Å². The first-order valence-corrected chi connectivity index (χ1v) is 10.1. The number of aliphatic imine (C=N–C) groups is 1. The highest BCUT2D eigenvalue weighted by molar-refractivity contribution is 5.79. The van der Waals surface area contributed by atoms with Crippen molar-refractivity contribution in [1.82, 2.24) is 20.5 Å². The average Bonchev–Trinajstić information content (AvgIpc) is 2.66. The lowest BCUT2D eigenvalue weighted by Crippen LogP contribution is -2.46. The zero-order valence-electron chi connectivity index (χ0n) is 17.0. The summed E-state index contributed by atoms with van der Waals surface area (Å²) in [6.45, 7) is 16.8. The number of anilines is 1. The van der Waals surface area contributed by atoms with Crippen molar-refractivity contribution in [2.45, 2.75) is 40.7 Å². The van der Waals surface area contributed by atoms with E-state index in [9.17, 15) is 0 Å². The minimum Gasteiger partial charge on any atom is -0.357 e. The quantitative estimate of drug-likeness (QED) is 0.550. The van der Waals surface area contributed by atoms with Crippen LogP contribution in [0, 0.1) is 5.92 Å². The molecule has 1 aliphatic rings. The molecule has 26 heavy (non-hydrogen) atoms. The van der Waals surface area contributed by atoms with E-state index in [0.29, 0.717) is 12.5 Å². The second kappa shape index (κ2) is 11.0. The largest absolute Gasteiger partial charge is 0.357 e. The second-order valence-corrected chi connectivity index (χ2v) is 7.25. The minimum absolute atomic E-state index is 0.647. The normalized spacial score (nSPS) is 16.2. The molecule has 6 heteroatoms. The van der Waals surface area contributed by atoms with E-state index in [1.807, 2.05) is 6.20 Å². The molecule has 0 bridgehead atoms. The Morgan fingerprint density at radius 3 is 2.50 bits per heavy atom. The number of piperazine rings is 1. The van der Waals surface area contributed by atoms with Crippen LogP contribution in [0.1, 0.15) is 39.7 Å². The molecular formula is C20H36N6. The molecule has 1 aliphatic heterocycles. The first-order valence-electron chi connectivity index (χ1n) is 10.1. The standard InChI is InChI=1S/C20H36N6/c1-5-21-20(22-10-9-17(3)4)24-16-18-7-8-19(23-15-18)26-13-11-25(6-2)12-14-26/h7-8,15,17H,5-6,9-14,16H2,1-4H3,(H2,21,22,24). The summed E-state index contributed by atoms with van der Waals surface area (Å²) in [5, 5.41) is 6.71. The molecule has 1 aromatic rings. The van der Waals surface area contributed by atoms with Gasteiger partial charge in [-0.1, -0.05) is 26.8 Å². The Morgan fingerprint density at radius 1 is 1.15 bits per heavy atom. The van der Waals surface area contributed by atoms with Gasteiger partial charge in [-0.25, -0.2) is 9.98 Å². The maximum atomic E-state index is 4.68. The van der Waals surface area contributed by atoms with Crippen molar-refractivity contribution in [1.29, 1.82) is 0 Å². The second-order valence-electron chi connectivity index (χ2n) is 7.25. The fraction of sp³-hybridized carbons (Fsp3) is 0.700. The predicted molar refractivity (Wildman–Crippen MR) is 111 cm³/mol. The molecule has 0 saturated carbocycles. The summed E-state index contributed by atoms with van der Waals surface area (Å²) in [5.74, 6) is 2.66. The van der Waals surface area contributed by atoms with E-state index >= 15 is 0 Å². The molecule has 0 atom stereocenters. The highest BCUT2D eigenvalue weighted by atomic mass is 15.3. The van der Waals surface area contributed by atoms with Crippen LogP contribution in [-0.4, -0.2) is 61.7 Å². The van der Waals surface area contributed by atoms with Gasteiger partial charge in [-0.3, -0.25) is 0 Å². The summed E-state index contributed by atoms with van der Waals surface area (Å²) >= 11 is 0. The molecule has 1 fully saturated rings. The first-order chi connectivity index (χ1) is 12.6. The summed E-state index contributed by atoms with van der Waals surface area (Å²) in [7, 11) is 0. The number of nitrogens with one attached hydrogen (secondary N) is 2. The molecule has 0 radical (unpaired) electrons. The number of hydrogen-bond donors (Lipinski definition) is 2. The van der Waals surface area contributed by atoms with Gasteiger partial charge in [-0.15, -0.1) is 0 Å². The number of guanidine groups is 1. The van der Waals surface area contributed by atoms with E-state index in [1.165, 1.54) is 0 Å². The molecule has 2 rings (SSSR count). The lowest BCUT2D eigenvalue weighted by atomic mass is 10.1. The van der Waals surface area contributed by atoms with Gasteiger partial charge in [0.15, 0.2) is 5.96 Å². The van der Waals surface area contributed by atoms with Gasteiger partial charge in [-0.2, -0.15) is 0 Å². The molecular weight excluding hydrogens is 324 g/mol. The van der Waals surface area contributed by atoms with Crippen LogP contribution in [0.3, 0.4) is 0 Å². The van der Waals surface area contributed by atoms with Crippen LogP contribution >= 0.6 is 0 Å². The van der Waals surface area contributed by atoms with Gasteiger partial charge in [0.2, 0.25) is 0 Å². The SMILES string of the molecule is CCNC(=NCc1ccc(N2CCN(CC)CC2)nc1)NCCC(C)C.